The highest BCUT2D eigenvalue weighted by Gasteiger charge is 2.62. The molecule has 125 heavy (non-hydrogen) atoms. The summed E-state index contributed by atoms with van der Waals surface area (Å²) in [5, 5.41) is 315. The average Bonchev–Trinajstić information content (AvgIpc) is 0.756. The van der Waals surface area contributed by atoms with Gasteiger partial charge in [-0.05, 0) is 6.92 Å². The van der Waals surface area contributed by atoms with E-state index in [1.165, 1.54) is 6.92 Å². The van der Waals surface area contributed by atoms with E-state index in [4.69, 9.17) is 85.3 Å². The monoisotopic (exact) mass is 1830 g/mol. The molecule has 0 saturated carbocycles. The van der Waals surface area contributed by atoms with E-state index in [1.807, 2.05) is 0 Å². The number of hydrogen-bond acceptors (Lipinski definition) is 50. The molecule has 9 heterocycles. The SMILES string of the molecule is CC(=O)N[C@@H]1[C@H](O[C@H]2[C@H](O[C@H]3O[C@H](CO)[C@@H](O)[C@H](O)[C@@H]3O[C@@H]3O[C@H](CO)[C@@H](O[C@@H]4O[C@H](CO)[C@H](O)[C@H](O)[C@H]4O)[C@H](O)[C@H]3NC(C)=O)[C@H](O)[C@H](O[C@H]3[C@H](O)[C@@H](NC(C)=O)[C@H](O[C@@H]([C@H](O)[C@H](CO)NC(C)=O)[C@H](O)CO[C@@H]4O[C@@H](C)[C@@H](O)[C@@H](O)[C@@H]4O)O[C@@H]3CO)O[C@@H]2CO[C@H]2O[C@H](CO)[C@@H](O)[C@H](O)[C@@H]2O[C@@H]2O[C@H](CO)[C@@H](O)[C@H](O)[C@H]2NC(C)=O)O[C@H](CO)[C@@H](O)[C@@H]1O. The van der Waals surface area contributed by atoms with Crippen LogP contribution in [0, 0.1) is 0 Å². The van der Waals surface area contributed by atoms with Crippen LogP contribution in [0.2, 0.25) is 0 Å². The minimum atomic E-state index is -2.80. The minimum Gasteiger partial charge on any atom is -0.394 e. The van der Waals surface area contributed by atoms with Gasteiger partial charge < -0.3 is 250 Å². The molecule has 0 aromatic heterocycles. The first-order valence-electron chi connectivity index (χ1n) is 39.9. The Hall–Kier alpha value is -4.45. The zero-order valence-corrected chi connectivity index (χ0v) is 67.8. The first-order valence-corrected chi connectivity index (χ1v) is 39.9. The molecule has 5 amide bonds. The van der Waals surface area contributed by atoms with E-state index in [0.717, 1.165) is 34.6 Å². The summed E-state index contributed by atoms with van der Waals surface area (Å²) < 4.78 is 109. The van der Waals surface area contributed by atoms with Gasteiger partial charge in [-0.2, -0.15) is 0 Å². The molecule has 0 aliphatic carbocycles. The van der Waals surface area contributed by atoms with E-state index in [-0.39, 0.29) is 0 Å². The third kappa shape index (κ3) is 24.1. The summed E-state index contributed by atoms with van der Waals surface area (Å²) in [5.41, 5.74) is 0. The molecule has 9 saturated heterocycles. The van der Waals surface area contributed by atoms with Crippen LogP contribution in [0.3, 0.4) is 0 Å². The zero-order valence-electron chi connectivity index (χ0n) is 67.8. The Balaban J connectivity index is 1.17. The summed E-state index contributed by atoms with van der Waals surface area (Å²) in [7, 11) is 0. The maximum Gasteiger partial charge on any atom is 0.217 e. The van der Waals surface area contributed by atoms with Gasteiger partial charge in [0.25, 0.3) is 0 Å². The molecule has 0 bridgehead atoms. The van der Waals surface area contributed by atoms with Gasteiger partial charge in [0.15, 0.2) is 56.6 Å². The molecule has 49 atom stereocenters. The van der Waals surface area contributed by atoms with Gasteiger partial charge in [-0.1, -0.05) is 0 Å². The molecule has 55 nitrogen and oxygen atoms in total. The van der Waals surface area contributed by atoms with Gasteiger partial charge in [0.1, 0.15) is 232 Å². The second-order valence-electron chi connectivity index (χ2n) is 31.5. The largest absolute Gasteiger partial charge is 0.394 e. The summed E-state index contributed by atoms with van der Waals surface area (Å²) in [6.07, 6.45) is -95.6. The van der Waals surface area contributed by atoms with E-state index >= 15 is 0 Å². The van der Waals surface area contributed by atoms with Gasteiger partial charge in [0, 0.05) is 34.6 Å². The number of nitrogens with one attached hydrogen (secondary N) is 5. The number of hydrogen-bond donors (Lipinski definition) is 32. The van der Waals surface area contributed by atoms with Gasteiger partial charge in [0.05, 0.1) is 78.2 Å². The van der Waals surface area contributed by atoms with Gasteiger partial charge in [-0.3, -0.25) is 24.0 Å². The average molecular weight is 1830 g/mol. The van der Waals surface area contributed by atoms with E-state index in [0.29, 0.717) is 0 Å². The van der Waals surface area contributed by atoms with Crippen molar-refractivity contribution < 1.29 is 247 Å². The summed E-state index contributed by atoms with van der Waals surface area (Å²) >= 11 is 0. The van der Waals surface area contributed by atoms with Crippen LogP contribution >= 0.6 is 0 Å². The lowest BCUT2D eigenvalue weighted by molar-refractivity contribution is -0.408. The lowest BCUT2D eigenvalue weighted by atomic mass is 9.93. The topological polar surface area (TPSA) is 858 Å². The van der Waals surface area contributed by atoms with E-state index in [2.05, 4.69) is 26.6 Å². The van der Waals surface area contributed by atoms with Crippen LogP contribution in [0.5, 0.6) is 0 Å². The highest BCUT2D eigenvalue weighted by molar-refractivity contribution is 5.75. The summed E-state index contributed by atoms with van der Waals surface area (Å²) in [5.74, 6) is -4.88. The fourth-order valence-electron chi connectivity index (χ4n) is 15.8. The summed E-state index contributed by atoms with van der Waals surface area (Å²) in [6.45, 7) is -5.96. The Bertz CT molecular complexity index is 3370. The Labute approximate surface area is 709 Å². The normalized spacial score (nSPS) is 46.1. The molecule has 9 aliphatic heterocycles. The third-order valence-electron chi connectivity index (χ3n) is 22.5. The Kier molecular flexibility index (Phi) is 38.6. The fraction of sp³-hybridized carbons (Fsp3) is 0.929. The lowest BCUT2D eigenvalue weighted by Gasteiger charge is -2.52. The van der Waals surface area contributed by atoms with Gasteiger partial charge >= 0.3 is 0 Å². The number of amides is 5. The Morgan fingerprint density at radius 2 is 0.624 bits per heavy atom. The Morgan fingerprint density at radius 1 is 0.296 bits per heavy atom. The maximum absolute atomic E-state index is 13.4. The molecule has 0 radical (unpaired) electrons. The maximum atomic E-state index is 13.4. The molecule has 0 aromatic rings. The van der Waals surface area contributed by atoms with Crippen molar-refractivity contribution in [2.45, 2.75) is 342 Å². The molecule has 9 fully saturated rings. The van der Waals surface area contributed by atoms with Crippen molar-refractivity contribution in [2.75, 3.05) is 66.1 Å². The highest BCUT2D eigenvalue weighted by atomic mass is 16.8. The lowest BCUT2D eigenvalue weighted by Crippen LogP contribution is -2.71. The number of aliphatic hydroxyl groups excluding tert-OH is 27. The van der Waals surface area contributed by atoms with Crippen molar-refractivity contribution in [3.8, 4) is 0 Å². The molecule has 9 rings (SSSR count). The van der Waals surface area contributed by atoms with E-state index in [1.54, 1.807) is 0 Å². The van der Waals surface area contributed by atoms with Crippen molar-refractivity contribution >= 4 is 29.5 Å². The molecular weight excluding hydrogens is 1710 g/mol. The van der Waals surface area contributed by atoms with E-state index < -0.39 is 396 Å². The second-order valence-corrected chi connectivity index (χ2v) is 31.5. The molecular formula is C70H119N5O50. The van der Waals surface area contributed by atoms with Crippen LogP contribution < -0.4 is 26.6 Å². The first-order chi connectivity index (χ1) is 59.0. The van der Waals surface area contributed by atoms with Crippen molar-refractivity contribution in [3.05, 3.63) is 0 Å². The zero-order chi connectivity index (χ0) is 92.5. The molecule has 32 N–H and O–H groups in total. The molecule has 0 aromatic carbocycles. The molecule has 0 spiro atoms. The van der Waals surface area contributed by atoms with Crippen LogP contribution in [0.15, 0.2) is 0 Å². The molecule has 0 unspecified atom stereocenters. The summed E-state index contributed by atoms with van der Waals surface area (Å²) in [6, 6.07) is -9.87. The van der Waals surface area contributed by atoms with Crippen molar-refractivity contribution in [1.29, 1.82) is 0 Å². The number of rotatable bonds is 36. The van der Waals surface area contributed by atoms with Crippen LogP contribution in [0.4, 0.5) is 0 Å². The Morgan fingerprint density at radius 3 is 1.06 bits per heavy atom. The second kappa shape index (κ2) is 46.3. The van der Waals surface area contributed by atoms with Crippen LogP contribution in [-0.4, -0.2) is 534 Å². The standard InChI is InChI=1S/C70H119N5O50/c1-17-37(90)48(101)52(105)66(110-17)108-15-24(89)55(38(91)23(7-76)71-18(2)84)119-64-35(74-21(5)87)46(99)57(31(14-83)116-64)121-68-54(107)59(123-70-61(51(104)43(96)29(12-81)115-70)125-65-36(75-22(6)88)47(100)56(30(13-82)117-65)120-67-53(106)49(102)41(94)27(10-79)113-67)58(122-62-33(72-19(3)85)44(97)39(92)25(8-77)111-62)32(118-68)16-109-69-60(50(103)42(95)28(11-80)114-69)124-63-34(73-20(4)86)45(98)40(93)26(9-78)112-63/h17,23-70,76-83,89-107H,7-16H2,1-6H3,(H,71,84)(H,72,85)(H,73,86)(H,74,87)(H,75,88)/t17-,23-,24+,25+,26+,27+,28+,29+,30+,31+,32+,33-,34+,35+,36+,37+,38+,39+,40+,41-,42+,43+,44+,45+,46+,47+,48+,49-,50-,51-,52-,53+,54-,55+,56+,57+,58+,59+,60-,61-,62-,63-,64-,65-,66+,67-,68-,69-,70+/m0/s1. The predicted molar refractivity (Wildman–Crippen MR) is 388 cm³/mol. The van der Waals surface area contributed by atoms with Crippen LogP contribution in [-0.2, 0) is 109 Å². The third-order valence-corrected chi connectivity index (χ3v) is 22.5. The van der Waals surface area contributed by atoms with Gasteiger partial charge in [0.2, 0.25) is 29.5 Å². The highest BCUT2D eigenvalue weighted by Crippen LogP contribution is 2.41. The number of aliphatic hydroxyl groups is 27. The van der Waals surface area contributed by atoms with Crippen LogP contribution in [0.25, 0.3) is 0 Å². The number of ether oxygens (including phenoxy) is 18. The van der Waals surface area contributed by atoms with Gasteiger partial charge in [-0.15, -0.1) is 0 Å². The van der Waals surface area contributed by atoms with Crippen molar-refractivity contribution in [1.82, 2.24) is 26.6 Å². The van der Waals surface area contributed by atoms with Crippen molar-refractivity contribution in [3.63, 3.8) is 0 Å². The number of carbonyl (C=O) groups is 5. The predicted octanol–water partition coefficient (Wildman–Crippen LogP) is -21.4. The van der Waals surface area contributed by atoms with Gasteiger partial charge in [-0.25, -0.2) is 0 Å². The summed E-state index contributed by atoms with van der Waals surface area (Å²) in [4.78, 5) is 64.8. The fourth-order valence-corrected chi connectivity index (χ4v) is 15.8. The smallest absolute Gasteiger partial charge is 0.217 e. The minimum absolute atomic E-state index is 0.869. The first kappa shape index (κ1) is 104. The quantitative estimate of drug-likeness (QED) is 0.0277. The van der Waals surface area contributed by atoms with Crippen molar-refractivity contribution in [2.24, 2.45) is 0 Å². The molecule has 724 valence electrons. The van der Waals surface area contributed by atoms with Crippen LogP contribution in [0.1, 0.15) is 41.5 Å². The molecule has 9 aliphatic rings. The molecule has 55 heteroatoms. The number of carbonyl (C=O) groups excluding carboxylic acids is 5. The van der Waals surface area contributed by atoms with E-state index in [9.17, 15) is 162 Å².